The zero-order chi connectivity index (χ0) is 14.3. The monoisotopic (exact) mass is 294 g/mol. The molecule has 2 aliphatic rings. The van der Waals surface area contributed by atoms with Crippen molar-refractivity contribution in [3.63, 3.8) is 0 Å². The number of sulfonamides is 1. The third-order valence-corrected chi connectivity index (χ3v) is 6.59. The molecule has 0 saturated carbocycles. The van der Waals surface area contributed by atoms with Crippen LogP contribution in [-0.2, 0) is 10.0 Å². The maximum Gasteiger partial charge on any atom is 0.243 e. The highest BCUT2D eigenvalue weighted by Crippen LogP contribution is 2.29. The molecule has 1 N–H and O–H groups in total. The topological polar surface area (TPSA) is 49.4 Å². The summed E-state index contributed by atoms with van der Waals surface area (Å²) in [6.45, 7) is 6.12. The third kappa shape index (κ3) is 2.38. The van der Waals surface area contributed by atoms with Gasteiger partial charge in [0.2, 0.25) is 10.0 Å². The van der Waals surface area contributed by atoms with Gasteiger partial charge in [0.1, 0.15) is 0 Å². The first kappa shape index (κ1) is 14.0. The number of fused-ring (bicyclic) bond motifs is 1. The standard InChI is InChI=1S/C15H22N2O2S/c1-11-3-4-12(2)15(9-11)20(18,19)17-8-6-14-13(10-17)5-7-16-14/h3-4,9,13-14,16H,5-8,10H2,1-2H3. The smallest absolute Gasteiger partial charge is 0.243 e. The molecule has 0 bridgehead atoms. The van der Waals surface area contributed by atoms with E-state index in [1.807, 2.05) is 26.0 Å². The number of hydrogen-bond donors (Lipinski definition) is 1. The highest BCUT2D eigenvalue weighted by atomic mass is 32.2. The summed E-state index contributed by atoms with van der Waals surface area (Å²) in [5.41, 5.74) is 1.83. The number of benzene rings is 1. The quantitative estimate of drug-likeness (QED) is 0.903. The number of rotatable bonds is 2. The van der Waals surface area contributed by atoms with Gasteiger partial charge in [-0.15, -0.1) is 0 Å². The van der Waals surface area contributed by atoms with Crippen LogP contribution in [0.15, 0.2) is 23.1 Å². The molecule has 3 rings (SSSR count). The molecular formula is C15H22N2O2S. The molecule has 0 spiro atoms. The Kier molecular flexibility index (Phi) is 3.60. The Morgan fingerprint density at radius 2 is 2.05 bits per heavy atom. The molecule has 20 heavy (non-hydrogen) atoms. The minimum atomic E-state index is -3.35. The molecule has 2 saturated heterocycles. The van der Waals surface area contributed by atoms with E-state index in [1.54, 1.807) is 10.4 Å². The van der Waals surface area contributed by atoms with Crippen LogP contribution in [0.3, 0.4) is 0 Å². The molecule has 2 heterocycles. The highest BCUT2D eigenvalue weighted by molar-refractivity contribution is 7.89. The van der Waals surface area contributed by atoms with Crippen molar-refractivity contribution in [1.82, 2.24) is 9.62 Å². The van der Waals surface area contributed by atoms with E-state index < -0.39 is 10.0 Å². The Morgan fingerprint density at radius 3 is 2.85 bits per heavy atom. The average molecular weight is 294 g/mol. The predicted octanol–water partition coefficient (Wildman–Crippen LogP) is 1.68. The minimum absolute atomic E-state index is 0.474. The van der Waals surface area contributed by atoms with Gasteiger partial charge in [-0.2, -0.15) is 4.31 Å². The van der Waals surface area contributed by atoms with Gasteiger partial charge in [-0.3, -0.25) is 0 Å². The van der Waals surface area contributed by atoms with Crippen LogP contribution < -0.4 is 5.32 Å². The largest absolute Gasteiger partial charge is 0.314 e. The fourth-order valence-corrected chi connectivity index (χ4v) is 5.18. The van der Waals surface area contributed by atoms with Crippen LogP contribution in [0.25, 0.3) is 0 Å². The Morgan fingerprint density at radius 1 is 1.25 bits per heavy atom. The van der Waals surface area contributed by atoms with E-state index in [4.69, 9.17) is 0 Å². The maximum atomic E-state index is 12.9. The van der Waals surface area contributed by atoms with Gasteiger partial charge in [0.15, 0.2) is 0 Å². The van der Waals surface area contributed by atoms with Crippen molar-refractivity contribution < 1.29 is 8.42 Å². The second kappa shape index (κ2) is 5.13. The molecule has 0 radical (unpaired) electrons. The van der Waals surface area contributed by atoms with E-state index in [9.17, 15) is 8.42 Å². The Balaban J connectivity index is 1.90. The van der Waals surface area contributed by atoms with E-state index in [1.165, 1.54) is 0 Å². The summed E-state index contributed by atoms with van der Waals surface area (Å²) in [5.74, 6) is 0.476. The van der Waals surface area contributed by atoms with Crippen LogP contribution >= 0.6 is 0 Å². The number of nitrogens with one attached hydrogen (secondary N) is 1. The lowest BCUT2D eigenvalue weighted by Crippen LogP contribution is -2.46. The number of aryl methyl sites for hydroxylation is 2. The summed E-state index contributed by atoms with van der Waals surface area (Å²) in [5, 5.41) is 3.47. The van der Waals surface area contributed by atoms with E-state index in [2.05, 4.69) is 5.32 Å². The van der Waals surface area contributed by atoms with Crippen molar-refractivity contribution in [3.05, 3.63) is 29.3 Å². The molecule has 2 fully saturated rings. The van der Waals surface area contributed by atoms with Crippen LogP contribution in [0.5, 0.6) is 0 Å². The first-order valence-electron chi connectivity index (χ1n) is 7.29. The molecule has 1 aromatic carbocycles. The minimum Gasteiger partial charge on any atom is -0.314 e. The van der Waals surface area contributed by atoms with E-state index in [0.29, 0.717) is 29.9 Å². The molecule has 2 aliphatic heterocycles. The zero-order valence-corrected chi connectivity index (χ0v) is 12.9. The number of nitrogens with zero attached hydrogens (tertiary/aromatic N) is 1. The van der Waals surface area contributed by atoms with Crippen molar-refractivity contribution in [2.45, 2.75) is 37.6 Å². The first-order valence-corrected chi connectivity index (χ1v) is 8.73. The van der Waals surface area contributed by atoms with Crippen LogP contribution in [-0.4, -0.2) is 38.4 Å². The molecular weight excluding hydrogens is 272 g/mol. The third-order valence-electron chi connectivity index (χ3n) is 4.58. The molecule has 1 aromatic rings. The molecule has 110 valence electrons. The van der Waals surface area contributed by atoms with Crippen molar-refractivity contribution in [3.8, 4) is 0 Å². The van der Waals surface area contributed by atoms with Crippen LogP contribution in [0.2, 0.25) is 0 Å². The van der Waals surface area contributed by atoms with Gasteiger partial charge in [0.25, 0.3) is 0 Å². The second-order valence-electron chi connectivity index (χ2n) is 6.03. The molecule has 4 nitrogen and oxygen atoms in total. The summed E-state index contributed by atoms with van der Waals surface area (Å²) in [4.78, 5) is 0.474. The fraction of sp³-hybridized carbons (Fsp3) is 0.600. The van der Waals surface area contributed by atoms with Gasteiger partial charge in [0, 0.05) is 19.1 Å². The summed E-state index contributed by atoms with van der Waals surface area (Å²) < 4.78 is 27.4. The van der Waals surface area contributed by atoms with Crippen molar-refractivity contribution in [2.24, 2.45) is 5.92 Å². The number of piperidine rings is 1. The Labute approximate surface area is 121 Å². The SMILES string of the molecule is Cc1ccc(C)c(S(=O)(=O)N2CCC3NCCC3C2)c1. The fourth-order valence-electron chi connectivity index (χ4n) is 3.36. The van der Waals surface area contributed by atoms with Crippen molar-refractivity contribution in [1.29, 1.82) is 0 Å². The summed E-state index contributed by atoms with van der Waals surface area (Å²) in [7, 11) is -3.35. The Hall–Kier alpha value is -0.910. The predicted molar refractivity (Wildman–Crippen MR) is 79.2 cm³/mol. The summed E-state index contributed by atoms with van der Waals surface area (Å²) in [6, 6.07) is 6.16. The molecule has 0 aromatic heterocycles. The van der Waals surface area contributed by atoms with Gasteiger partial charge in [-0.25, -0.2) is 8.42 Å². The van der Waals surface area contributed by atoms with E-state index in [-0.39, 0.29) is 0 Å². The first-order chi connectivity index (χ1) is 9.48. The zero-order valence-electron chi connectivity index (χ0n) is 12.1. The van der Waals surface area contributed by atoms with Gasteiger partial charge in [-0.1, -0.05) is 12.1 Å². The normalized spacial score (nSPS) is 27.5. The lowest BCUT2D eigenvalue weighted by Gasteiger charge is -2.34. The van der Waals surface area contributed by atoms with Gasteiger partial charge in [0.05, 0.1) is 4.90 Å². The summed E-state index contributed by atoms with van der Waals surface area (Å²) in [6.07, 6.45) is 2.01. The molecule has 0 aliphatic carbocycles. The van der Waals surface area contributed by atoms with Gasteiger partial charge < -0.3 is 5.32 Å². The number of hydrogen-bond acceptors (Lipinski definition) is 3. The van der Waals surface area contributed by atoms with E-state index in [0.717, 1.165) is 30.5 Å². The lowest BCUT2D eigenvalue weighted by atomic mass is 9.95. The molecule has 5 heteroatoms. The van der Waals surface area contributed by atoms with Crippen LogP contribution in [0, 0.1) is 19.8 Å². The van der Waals surface area contributed by atoms with Gasteiger partial charge >= 0.3 is 0 Å². The van der Waals surface area contributed by atoms with Crippen molar-refractivity contribution >= 4 is 10.0 Å². The summed E-state index contributed by atoms with van der Waals surface area (Å²) >= 11 is 0. The molecule has 2 atom stereocenters. The van der Waals surface area contributed by atoms with Crippen molar-refractivity contribution in [2.75, 3.05) is 19.6 Å². The second-order valence-corrected chi connectivity index (χ2v) is 7.94. The van der Waals surface area contributed by atoms with Crippen LogP contribution in [0.1, 0.15) is 24.0 Å². The highest BCUT2D eigenvalue weighted by Gasteiger charge is 2.37. The molecule has 0 amide bonds. The lowest BCUT2D eigenvalue weighted by molar-refractivity contribution is 0.247. The van der Waals surface area contributed by atoms with Crippen LogP contribution in [0.4, 0.5) is 0 Å². The molecule has 2 unspecified atom stereocenters. The average Bonchev–Trinajstić information content (AvgIpc) is 2.88. The maximum absolute atomic E-state index is 12.9. The van der Waals surface area contributed by atoms with Gasteiger partial charge in [-0.05, 0) is 56.3 Å². The van der Waals surface area contributed by atoms with E-state index >= 15 is 0 Å². The Bertz CT molecular complexity index is 612.